The molecule has 0 aromatic heterocycles. The van der Waals surface area contributed by atoms with E-state index in [1.165, 1.54) is 13.2 Å². The van der Waals surface area contributed by atoms with Gasteiger partial charge in [0.05, 0.1) is 12.0 Å². The van der Waals surface area contributed by atoms with Gasteiger partial charge in [-0.2, -0.15) is 0 Å². The number of nitro groups is 1. The topological polar surface area (TPSA) is 119 Å². The van der Waals surface area contributed by atoms with Crippen LogP contribution in [0.4, 0.5) is 5.69 Å². The molecule has 0 heterocycles. The van der Waals surface area contributed by atoms with Crippen LogP contribution in [-0.4, -0.2) is 50.9 Å². The minimum atomic E-state index is -4.04. The van der Waals surface area contributed by atoms with Crippen molar-refractivity contribution in [1.82, 2.24) is 9.62 Å². The first-order chi connectivity index (χ1) is 11.3. The standard InChI is InChI=1S/C14H21N3O6S/c1-4-16(5-2)14(18)8-9-15-24(21,22)13-10-11(17(19)20)6-7-12(13)23-3/h6-7,10,15H,4-5,8-9H2,1-3H3. The molecule has 0 bridgehead atoms. The number of carbonyl (C=O) groups is 1. The largest absolute Gasteiger partial charge is 0.495 e. The number of nitrogens with zero attached hydrogens (tertiary/aromatic N) is 2. The first kappa shape index (κ1) is 19.8. The van der Waals surface area contributed by atoms with Gasteiger partial charge in [-0.05, 0) is 19.9 Å². The molecule has 0 saturated carbocycles. The molecule has 1 N–H and O–H groups in total. The summed E-state index contributed by atoms with van der Waals surface area (Å²) in [7, 11) is -2.78. The number of hydrogen-bond acceptors (Lipinski definition) is 6. The summed E-state index contributed by atoms with van der Waals surface area (Å²) in [5.41, 5.74) is -0.365. The second-order valence-electron chi connectivity index (χ2n) is 4.81. The van der Waals surface area contributed by atoms with E-state index in [1.54, 1.807) is 4.90 Å². The fourth-order valence-corrected chi connectivity index (χ4v) is 3.31. The van der Waals surface area contributed by atoms with E-state index in [9.17, 15) is 23.3 Å². The Morgan fingerprint density at radius 3 is 2.46 bits per heavy atom. The second kappa shape index (κ2) is 8.60. The van der Waals surface area contributed by atoms with Crippen molar-refractivity contribution < 1.29 is 22.9 Å². The predicted molar refractivity (Wildman–Crippen MR) is 87.4 cm³/mol. The highest BCUT2D eigenvalue weighted by Crippen LogP contribution is 2.27. The molecule has 1 rings (SSSR count). The molecule has 0 aliphatic carbocycles. The van der Waals surface area contributed by atoms with Crippen LogP contribution in [0.3, 0.4) is 0 Å². The first-order valence-corrected chi connectivity index (χ1v) is 8.85. The third-order valence-electron chi connectivity index (χ3n) is 3.39. The van der Waals surface area contributed by atoms with E-state index in [-0.39, 0.29) is 35.2 Å². The summed E-state index contributed by atoms with van der Waals surface area (Å²) in [6.07, 6.45) is -0.00183. The molecule has 0 fully saturated rings. The van der Waals surface area contributed by atoms with Crippen LogP contribution >= 0.6 is 0 Å². The number of amides is 1. The predicted octanol–water partition coefficient (Wildman–Crippen LogP) is 1.14. The molecule has 0 saturated heterocycles. The molecule has 1 amide bonds. The molecule has 9 nitrogen and oxygen atoms in total. The van der Waals surface area contributed by atoms with Gasteiger partial charge in [0, 0.05) is 38.2 Å². The van der Waals surface area contributed by atoms with Gasteiger partial charge in [0.2, 0.25) is 15.9 Å². The molecule has 0 spiro atoms. The van der Waals surface area contributed by atoms with Crippen LogP contribution in [-0.2, 0) is 14.8 Å². The van der Waals surface area contributed by atoms with E-state index < -0.39 is 14.9 Å². The van der Waals surface area contributed by atoms with Crippen molar-refractivity contribution in [2.45, 2.75) is 25.2 Å². The van der Waals surface area contributed by atoms with Crippen LogP contribution in [0.1, 0.15) is 20.3 Å². The Balaban J connectivity index is 2.90. The van der Waals surface area contributed by atoms with E-state index >= 15 is 0 Å². The van der Waals surface area contributed by atoms with Crippen molar-refractivity contribution in [1.29, 1.82) is 0 Å². The van der Waals surface area contributed by atoms with Crippen molar-refractivity contribution in [2.24, 2.45) is 0 Å². The number of nitro benzene ring substituents is 1. The average molecular weight is 359 g/mol. The van der Waals surface area contributed by atoms with Gasteiger partial charge in [0.25, 0.3) is 5.69 Å². The Bertz CT molecular complexity index is 700. The smallest absolute Gasteiger partial charge is 0.271 e. The fourth-order valence-electron chi connectivity index (χ4n) is 2.09. The van der Waals surface area contributed by atoms with E-state index in [0.717, 1.165) is 12.1 Å². The molecule has 0 aliphatic rings. The number of carbonyl (C=O) groups excluding carboxylic acids is 1. The monoisotopic (exact) mass is 359 g/mol. The van der Waals surface area contributed by atoms with Crippen molar-refractivity contribution in [2.75, 3.05) is 26.7 Å². The number of benzene rings is 1. The summed E-state index contributed by atoms with van der Waals surface area (Å²) in [6, 6.07) is 3.29. The Kier molecular flexibility index (Phi) is 7.11. The molecule has 1 aromatic carbocycles. The summed E-state index contributed by atoms with van der Waals surface area (Å²) >= 11 is 0. The lowest BCUT2D eigenvalue weighted by molar-refractivity contribution is -0.385. The fraction of sp³-hybridized carbons (Fsp3) is 0.500. The lowest BCUT2D eigenvalue weighted by Gasteiger charge is -2.18. The molecular formula is C14H21N3O6S. The van der Waals surface area contributed by atoms with Gasteiger partial charge in [-0.3, -0.25) is 14.9 Å². The molecule has 0 aliphatic heterocycles. The Hall–Kier alpha value is -2.20. The maximum Gasteiger partial charge on any atom is 0.271 e. The highest BCUT2D eigenvalue weighted by molar-refractivity contribution is 7.89. The summed E-state index contributed by atoms with van der Waals surface area (Å²) in [5, 5.41) is 10.8. The lowest BCUT2D eigenvalue weighted by Crippen LogP contribution is -2.34. The van der Waals surface area contributed by atoms with E-state index in [1.807, 2.05) is 13.8 Å². The minimum absolute atomic E-state index is 0.00183. The molecular weight excluding hydrogens is 338 g/mol. The average Bonchev–Trinajstić information content (AvgIpc) is 2.55. The van der Waals surface area contributed by atoms with Crippen LogP contribution < -0.4 is 9.46 Å². The zero-order chi connectivity index (χ0) is 18.3. The number of ether oxygens (including phenoxy) is 1. The lowest BCUT2D eigenvalue weighted by atomic mass is 10.3. The zero-order valence-electron chi connectivity index (χ0n) is 13.8. The van der Waals surface area contributed by atoms with E-state index in [4.69, 9.17) is 4.74 Å². The van der Waals surface area contributed by atoms with Gasteiger partial charge in [0.1, 0.15) is 10.6 Å². The van der Waals surface area contributed by atoms with Crippen LogP contribution in [0.5, 0.6) is 5.75 Å². The van der Waals surface area contributed by atoms with Crippen LogP contribution in [0, 0.1) is 10.1 Å². The van der Waals surface area contributed by atoms with Crippen molar-refractivity contribution in [3.8, 4) is 5.75 Å². The Morgan fingerprint density at radius 1 is 1.33 bits per heavy atom. The third-order valence-corrected chi connectivity index (χ3v) is 4.88. The summed E-state index contributed by atoms with van der Waals surface area (Å²) in [6.45, 7) is 4.64. The molecule has 134 valence electrons. The summed E-state index contributed by atoms with van der Waals surface area (Å²) in [4.78, 5) is 23.2. The normalized spacial score (nSPS) is 11.1. The van der Waals surface area contributed by atoms with Crippen molar-refractivity contribution >= 4 is 21.6 Å². The molecule has 10 heteroatoms. The van der Waals surface area contributed by atoms with Gasteiger partial charge in [-0.25, -0.2) is 13.1 Å². The Labute approximate surface area is 140 Å². The molecule has 1 aromatic rings. The maximum atomic E-state index is 12.3. The molecule has 0 unspecified atom stereocenters. The van der Waals surface area contributed by atoms with Gasteiger partial charge < -0.3 is 9.64 Å². The zero-order valence-corrected chi connectivity index (χ0v) is 14.6. The minimum Gasteiger partial charge on any atom is -0.495 e. The summed E-state index contributed by atoms with van der Waals surface area (Å²) in [5.74, 6) is -0.183. The number of rotatable bonds is 9. The van der Waals surface area contributed by atoms with E-state index in [2.05, 4.69) is 4.72 Å². The van der Waals surface area contributed by atoms with Crippen LogP contribution in [0.25, 0.3) is 0 Å². The SMILES string of the molecule is CCN(CC)C(=O)CCNS(=O)(=O)c1cc([N+](=O)[O-])ccc1OC. The number of hydrogen-bond donors (Lipinski definition) is 1. The van der Waals surface area contributed by atoms with Crippen LogP contribution in [0.15, 0.2) is 23.1 Å². The quantitative estimate of drug-likeness (QED) is 0.522. The highest BCUT2D eigenvalue weighted by Gasteiger charge is 2.23. The van der Waals surface area contributed by atoms with Gasteiger partial charge in [-0.15, -0.1) is 0 Å². The molecule has 0 radical (unpaired) electrons. The number of non-ortho nitro benzene ring substituents is 1. The maximum absolute atomic E-state index is 12.3. The highest BCUT2D eigenvalue weighted by atomic mass is 32.2. The molecule has 24 heavy (non-hydrogen) atoms. The van der Waals surface area contributed by atoms with E-state index in [0.29, 0.717) is 13.1 Å². The number of methoxy groups -OCH3 is 1. The molecule has 0 atom stereocenters. The second-order valence-corrected chi connectivity index (χ2v) is 6.54. The Morgan fingerprint density at radius 2 is 1.96 bits per heavy atom. The number of nitrogens with one attached hydrogen (secondary N) is 1. The van der Waals surface area contributed by atoms with Crippen molar-refractivity contribution in [3.05, 3.63) is 28.3 Å². The van der Waals surface area contributed by atoms with Crippen molar-refractivity contribution in [3.63, 3.8) is 0 Å². The first-order valence-electron chi connectivity index (χ1n) is 7.36. The van der Waals surface area contributed by atoms with Crippen LogP contribution in [0.2, 0.25) is 0 Å². The van der Waals surface area contributed by atoms with Gasteiger partial charge in [0.15, 0.2) is 0 Å². The number of sulfonamides is 1. The third kappa shape index (κ3) is 4.90. The summed E-state index contributed by atoms with van der Waals surface area (Å²) < 4.78 is 31.9. The van der Waals surface area contributed by atoms with Gasteiger partial charge >= 0.3 is 0 Å². The van der Waals surface area contributed by atoms with Gasteiger partial charge in [-0.1, -0.05) is 0 Å².